The molecule has 2 N–H and O–H groups in total. The fourth-order valence-electron chi connectivity index (χ4n) is 3.89. The van der Waals surface area contributed by atoms with E-state index in [0.29, 0.717) is 28.3 Å². The maximum Gasteiger partial charge on any atom is 0.258 e. The van der Waals surface area contributed by atoms with Crippen molar-refractivity contribution >= 4 is 23.2 Å². The van der Waals surface area contributed by atoms with E-state index in [0.717, 1.165) is 16.7 Å². The zero-order valence-electron chi connectivity index (χ0n) is 19.8. The number of rotatable bonds is 6. The number of aryl methyl sites for hydroxylation is 1. The topological polar surface area (TPSA) is 78.9 Å². The lowest BCUT2D eigenvalue weighted by Crippen LogP contribution is -2.26. The van der Waals surface area contributed by atoms with Gasteiger partial charge >= 0.3 is 0 Å². The maximum atomic E-state index is 13.2. The molecular formula is C29H26N2O4. The molecule has 0 radical (unpaired) electrons. The maximum absolute atomic E-state index is 13.2. The Labute approximate surface area is 204 Å². The highest BCUT2D eigenvalue weighted by atomic mass is 16.5. The molecule has 4 aromatic carbocycles. The van der Waals surface area contributed by atoms with Gasteiger partial charge in [0, 0.05) is 18.2 Å². The molecule has 4 aromatic rings. The molecule has 0 fully saturated rings. The van der Waals surface area contributed by atoms with Crippen molar-refractivity contribution in [3.63, 3.8) is 0 Å². The molecule has 0 aromatic heterocycles. The Morgan fingerprint density at radius 1 is 0.886 bits per heavy atom. The molecule has 0 atom stereocenters. The monoisotopic (exact) mass is 466 g/mol. The van der Waals surface area contributed by atoms with E-state index in [1.165, 1.54) is 12.0 Å². The Morgan fingerprint density at radius 3 is 2.31 bits per heavy atom. The molecule has 0 saturated heterocycles. The van der Waals surface area contributed by atoms with E-state index in [1.807, 2.05) is 61.5 Å². The highest BCUT2D eigenvalue weighted by Crippen LogP contribution is 2.31. The molecule has 0 heterocycles. The van der Waals surface area contributed by atoms with Crippen LogP contribution in [0, 0.1) is 6.92 Å². The third-order valence-electron chi connectivity index (χ3n) is 5.75. The van der Waals surface area contributed by atoms with Crippen LogP contribution in [0.25, 0.3) is 11.1 Å². The number of carbonyl (C=O) groups is 2. The predicted molar refractivity (Wildman–Crippen MR) is 138 cm³/mol. The van der Waals surface area contributed by atoms with Crippen molar-refractivity contribution in [2.24, 2.45) is 0 Å². The molecule has 0 aliphatic rings. The second-order valence-electron chi connectivity index (χ2n) is 8.14. The highest BCUT2D eigenvalue weighted by Gasteiger charge is 2.20. The standard InChI is InChI=1S/C29H26N2O4/c1-19-13-16-25(26(32)17-19)31(2)29(34)21-14-15-24(27(18-21)35-3)30-28(33)23-12-8-7-11-22(23)20-9-5-4-6-10-20/h4-18,32H,1-3H3,(H,30,33). The molecule has 176 valence electrons. The van der Waals surface area contributed by atoms with Crippen molar-refractivity contribution in [3.8, 4) is 22.6 Å². The summed E-state index contributed by atoms with van der Waals surface area (Å²) in [5, 5.41) is 13.1. The lowest BCUT2D eigenvalue weighted by molar-refractivity contribution is 0.0990. The van der Waals surface area contributed by atoms with E-state index in [4.69, 9.17) is 4.74 Å². The molecule has 0 saturated carbocycles. The molecule has 0 spiro atoms. The first-order valence-electron chi connectivity index (χ1n) is 11.1. The van der Waals surface area contributed by atoms with Crippen LogP contribution in [0.5, 0.6) is 11.5 Å². The Balaban J connectivity index is 1.59. The minimum Gasteiger partial charge on any atom is -0.506 e. The van der Waals surface area contributed by atoms with Gasteiger partial charge in [-0.2, -0.15) is 0 Å². The summed E-state index contributed by atoms with van der Waals surface area (Å²) in [6.07, 6.45) is 0. The van der Waals surface area contributed by atoms with Crippen molar-refractivity contribution in [2.45, 2.75) is 6.92 Å². The number of hydrogen-bond donors (Lipinski definition) is 2. The Morgan fingerprint density at radius 2 is 1.60 bits per heavy atom. The number of phenols is 1. The number of phenolic OH excluding ortho intramolecular Hbond substituents is 1. The van der Waals surface area contributed by atoms with Gasteiger partial charge in [-0.05, 0) is 60.0 Å². The van der Waals surface area contributed by atoms with Gasteiger partial charge in [-0.1, -0.05) is 54.6 Å². The van der Waals surface area contributed by atoms with Crippen LogP contribution in [0.2, 0.25) is 0 Å². The van der Waals surface area contributed by atoms with Gasteiger partial charge in [-0.3, -0.25) is 9.59 Å². The second kappa shape index (κ2) is 10.1. The summed E-state index contributed by atoms with van der Waals surface area (Å²) >= 11 is 0. The van der Waals surface area contributed by atoms with Crippen molar-refractivity contribution in [3.05, 3.63) is 108 Å². The summed E-state index contributed by atoms with van der Waals surface area (Å²) < 4.78 is 5.48. The largest absolute Gasteiger partial charge is 0.506 e. The minimum absolute atomic E-state index is 0.0220. The van der Waals surface area contributed by atoms with Crippen molar-refractivity contribution in [2.75, 3.05) is 24.4 Å². The number of carbonyl (C=O) groups excluding carboxylic acids is 2. The number of amides is 2. The number of methoxy groups -OCH3 is 1. The van der Waals surface area contributed by atoms with E-state index < -0.39 is 0 Å². The normalized spacial score (nSPS) is 10.5. The number of nitrogens with zero attached hydrogens (tertiary/aromatic N) is 1. The quantitative estimate of drug-likeness (QED) is 0.371. The molecule has 0 bridgehead atoms. The van der Waals surface area contributed by atoms with Crippen LogP contribution in [0.15, 0.2) is 91.0 Å². The van der Waals surface area contributed by atoms with E-state index >= 15 is 0 Å². The fourth-order valence-corrected chi connectivity index (χ4v) is 3.89. The Bertz CT molecular complexity index is 1380. The average molecular weight is 467 g/mol. The van der Waals surface area contributed by atoms with E-state index in [-0.39, 0.29) is 17.6 Å². The molecule has 0 aliphatic carbocycles. The first-order chi connectivity index (χ1) is 16.9. The van der Waals surface area contributed by atoms with Gasteiger partial charge in [-0.15, -0.1) is 0 Å². The van der Waals surface area contributed by atoms with Crippen LogP contribution in [0.3, 0.4) is 0 Å². The van der Waals surface area contributed by atoms with E-state index in [2.05, 4.69) is 5.32 Å². The van der Waals surface area contributed by atoms with E-state index in [9.17, 15) is 14.7 Å². The van der Waals surface area contributed by atoms with E-state index in [1.54, 1.807) is 43.4 Å². The number of aromatic hydroxyl groups is 1. The van der Waals surface area contributed by atoms with Crippen molar-refractivity contribution in [1.82, 2.24) is 0 Å². The predicted octanol–water partition coefficient (Wildman–Crippen LogP) is 5.91. The van der Waals surface area contributed by atoms with Gasteiger partial charge in [0.15, 0.2) is 0 Å². The number of ether oxygens (including phenoxy) is 1. The number of benzene rings is 4. The van der Waals surface area contributed by atoms with Gasteiger partial charge in [0.1, 0.15) is 11.5 Å². The van der Waals surface area contributed by atoms with Gasteiger partial charge < -0.3 is 20.1 Å². The van der Waals surface area contributed by atoms with Crippen LogP contribution in [0.4, 0.5) is 11.4 Å². The van der Waals surface area contributed by atoms with Crippen LogP contribution in [0.1, 0.15) is 26.3 Å². The van der Waals surface area contributed by atoms with Crippen molar-refractivity contribution < 1.29 is 19.4 Å². The Kier molecular flexibility index (Phi) is 6.83. The van der Waals surface area contributed by atoms with Gasteiger partial charge in [0.05, 0.1) is 18.5 Å². The molecule has 0 unspecified atom stereocenters. The minimum atomic E-state index is -0.324. The molecule has 35 heavy (non-hydrogen) atoms. The van der Waals surface area contributed by atoms with Crippen molar-refractivity contribution in [1.29, 1.82) is 0 Å². The van der Waals surface area contributed by atoms with Crippen LogP contribution >= 0.6 is 0 Å². The first-order valence-corrected chi connectivity index (χ1v) is 11.1. The second-order valence-corrected chi connectivity index (χ2v) is 8.14. The zero-order valence-corrected chi connectivity index (χ0v) is 19.8. The van der Waals surface area contributed by atoms with Crippen LogP contribution in [-0.2, 0) is 0 Å². The molecular weight excluding hydrogens is 440 g/mol. The SMILES string of the molecule is COc1cc(C(=O)N(C)c2ccc(C)cc2O)ccc1NC(=O)c1ccccc1-c1ccccc1. The average Bonchev–Trinajstić information content (AvgIpc) is 2.88. The highest BCUT2D eigenvalue weighted by molar-refractivity contribution is 6.10. The van der Waals surface area contributed by atoms with Crippen LogP contribution < -0.4 is 15.0 Å². The van der Waals surface area contributed by atoms with Gasteiger partial charge in [-0.25, -0.2) is 0 Å². The smallest absolute Gasteiger partial charge is 0.258 e. The lowest BCUT2D eigenvalue weighted by atomic mass is 9.99. The summed E-state index contributed by atoms with van der Waals surface area (Å²) in [7, 11) is 3.07. The Hall–Kier alpha value is -4.58. The first kappa shape index (κ1) is 23.6. The zero-order chi connectivity index (χ0) is 24.9. The van der Waals surface area contributed by atoms with Gasteiger partial charge in [0.25, 0.3) is 11.8 Å². The fraction of sp³-hybridized carbons (Fsp3) is 0.103. The summed E-state index contributed by atoms with van der Waals surface area (Å²) in [6.45, 7) is 1.86. The molecule has 6 heteroatoms. The summed E-state index contributed by atoms with van der Waals surface area (Å²) in [5.74, 6) is -0.241. The summed E-state index contributed by atoms with van der Waals surface area (Å²) in [5.41, 5.74) is 4.36. The number of anilines is 2. The third-order valence-corrected chi connectivity index (χ3v) is 5.75. The summed E-state index contributed by atoms with van der Waals surface area (Å²) in [6, 6.07) is 27.0. The number of hydrogen-bond acceptors (Lipinski definition) is 4. The molecule has 0 aliphatic heterocycles. The molecule has 2 amide bonds. The third kappa shape index (κ3) is 5.01. The lowest BCUT2D eigenvalue weighted by Gasteiger charge is -2.20. The van der Waals surface area contributed by atoms with Crippen LogP contribution in [-0.4, -0.2) is 31.1 Å². The molecule has 4 rings (SSSR count). The number of nitrogens with one attached hydrogen (secondary N) is 1. The summed E-state index contributed by atoms with van der Waals surface area (Å²) in [4.78, 5) is 27.6. The molecule has 6 nitrogen and oxygen atoms in total. The van der Waals surface area contributed by atoms with Gasteiger partial charge in [0.2, 0.25) is 0 Å².